The number of rotatable bonds is 6. The fraction of sp³-hybridized carbons (Fsp3) is 0.0417. The Hall–Kier alpha value is -4.33. The molecule has 2 N–H and O–H groups in total. The van der Waals surface area contributed by atoms with E-state index in [1.807, 2.05) is 0 Å². The van der Waals surface area contributed by atoms with Crippen molar-refractivity contribution in [3.8, 4) is 0 Å². The van der Waals surface area contributed by atoms with E-state index in [0.717, 1.165) is 12.1 Å². The number of hydrogen-bond acceptors (Lipinski definition) is 4. The second-order valence-corrected chi connectivity index (χ2v) is 6.95. The van der Waals surface area contributed by atoms with Crippen molar-refractivity contribution in [2.45, 2.75) is 5.92 Å². The lowest BCUT2D eigenvalue weighted by Crippen LogP contribution is -2.15. The molecule has 1 atom stereocenters. The number of carbonyl (C=O) groups excluding carboxylic acids is 1. The van der Waals surface area contributed by atoms with Crippen molar-refractivity contribution in [3.63, 3.8) is 0 Å². The van der Waals surface area contributed by atoms with Gasteiger partial charge in [-0.15, -0.1) is 0 Å². The molecule has 1 aromatic heterocycles. The Morgan fingerprint density at radius 2 is 1.75 bits per heavy atom. The maximum absolute atomic E-state index is 14.7. The number of amides is 1. The summed E-state index contributed by atoms with van der Waals surface area (Å²) in [5.41, 5.74) is 1.70. The molecule has 160 valence electrons. The van der Waals surface area contributed by atoms with Crippen LogP contribution in [0.1, 0.15) is 22.6 Å². The van der Waals surface area contributed by atoms with E-state index in [1.54, 1.807) is 48.5 Å². The maximum atomic E-state index is 14.7. The molecule has 1 amide bonds. The van der Waals surface area contributed by atoms with Crippen molar-refractivity contribution in [2.24, 2.45) is 0 Å². The quantitative estimate of drug-likeness (QED) is 0.410. The summed E-state index contributed by atoms with van der Waals surface area (Å²) >= 11 is 0. The number of nitrogens with zero attached hydrogens (tertiary/aromatic N) is 1. The van der Waals surface area contributed by atoms with Gasteiger partial charge in [-0.1, -0.05) is 42.5 Å². The molecule has 32 heavy (non-hydrogen) atoms. The number of fused-ring (bicyclic) bond motifs is 1. The molecule has 8 heteroatoms. The number of hydrogen-bond donors (Lipinski definition) is 2. The van der Waals surface area contributed by atoms with E-state index >= 15 is 0 Å². The van der Waals surface area contributed by atoms with Gasteiger partial charge in [-0.2, -0.15) is 0 Å². The monoisotopic (exact) mass is 434 g/mol. The van der Waals surface area contributed by atoms with Gasteiger partial charge in [0.1, 0.15) is 17.3 Å². The van der Waals surface area contributed by atoms with E-state index in [9.17, 15) is 23.5 Å². The highest BCUT2D eigenvalue weighted by atomic mass is 19.1. The smallest absolute Gasteiger partial charge is 0.315 e. The van der Waals surface area contributed by atoms with E-state index in [0.29, 0.717) is 22.2 Å². The van der Waals surface area contributed by atoms with Gasteiger partial charge in [-0.25, -0.2) is 13.8 Å². The Balaban J connectivity index is 1.58. The number of anilines is 1. The Morgan fingerprint density at radius 3 is 2.47 bits per heavy atom. The van der Waals surface area contributed by atoms with Crippen LogP contribution in [-0.2, 0) is 9.59 Å². The minimum Gasteiger partial charge on any atom is -0.481 e. The number of aromatic nitrogens is 1. The SMILES string of the molecule is O=C(Nc1ccc(C(C(=O)O)c2ccc3ocnc3c2)cc1F)C(F)=Cc1ccccc1. The first kappa shape index (κ1) is 20.9. The first-order valence-corrected chi connectivity index (χ1v) is 9.51. The fourth-order valence-corrected chi connectivity index (χ4v) is 3.29. The van der Waals surface area contributed by atoms with Gasteiger partial charge in [0, 0.05) is 0 Å². The van der Waals surface area contributed by atoms with Crippen LogP contribution in [0.4, 0.5) is 14.5 Å². The molecular weight excluding hydrogens is 418 g/mol. The minimum atomic E-state index is -1.19. The van der Waals surface area contributed by atoms with Crippen molar-refractivity contribution in [1.82, 2.24) is 4.98 Å². The molecule has 0 aliphatic carbocycles. The molecular formula is C24H16F2N2O4. The summed E-state index contributed by atoms with van der Waals surface area (Å²) in [6.07, 6.45) is 2.27. The molecule has 0 aliphatic rings. The van der Waals surface area contributed by atoms with Crippen LogP contribution in [-0.4, -0.2) is 22.0 Å². The van der Waals surface area contributed by atoms with E-state index in [4.69, 9.17) is 4.42 Å². The molecule has 4 aromatic rings. The summed E-state index contributed by atoms with van der Waals surface area (Å²) in [5, 5.41) is 11.9. The number of carboxylic acids is 1. The molecule has 1 heterocycles. The standard InChI is InChI=1S/C24H16F2N2O4/c25-17-11-15(22(24(30)31)16-7-9-21-20(12-16)27-13-32-21)6-8-19(17)28-23(29)18(26)10-14-4-2-1-3-5-14/h1-13,22H,(H,28,29)(H,30,31). The van der Waals surface area contributed by atoms with Gasteiger partial charge in [-0.3, -0.25) is 9.59 Å². The van der Waals surface area contributed by atoms with Crippen molar-refractivity contribution in [3.05, 3.63) is 101 Å². The number of carboxylic acid groups (broad SMARTS) is 1. The van der Waals surface area contributed by atoms with E-state index < -0.39 is 29.4 Å². The second-order valence-electron chi connectivity index (χ2n) is 6.95. The van der Waals surface area contributed by atoms with Crippen LogP contribution in [0.15, 0.2) is 83.4 Å². The second kappa shape index (κ2) is 8.81. The van der Waals surface area contributed by atoms with E-state index in [1.165, 1.54) is 18.5 Å². The largest absolute Gasteiger partial charge is 0.481 e. The first-order chi connectivity index (χ1) is 15.4. The number of carbonyl (C=O) groups is 2. The minimum absolute atomic E-state index is 0.149. The van der Waals surface area contributed by atoms with Crippen LogP contribution in [0.25, 0.3) is 17.2 Å². The van der Waals surface area contributed by atoms with Crippen LogP contribution < -0.4 is 5.32 Å². The summed E-state index contributed by atoms with van der Waals surface area (Å²) in [6.45, 7) is 0. The highest BCUT2D eigenvalue weighted by Crippen LogP contribution is 2.30. The number of halogens is 2. The van der Waals surface area contributed by atoms with Gasteiger partial charge in [0.25, 0.3) is 5.91 Å². The molecule has 0 saturated carbocycles. The van der Waals surface area contributed by atoms with E-state index in [-0.39, 0.29) is 11.3 Å². The van der Waals surface area contributed by atoms with Crippen molar-refractivity contribution in [1.29, 1.82) is 0 Å². The summed E-state index contributed by atoms with van der Waals surface area (Å²) in [6, 6.07) is 16.6. The molecule has 0 fully saturated rings. The zero-order valence-electron chi connectivity index (χ0n) is 16.5. The molecule has 0 saturated heterocycles. The zero-order valence-corrected chi connectivity index (χ0v) is 16.5. The Morgan fingerprint density at radius 1 is 1.03 bits per heavy atom. The fourth-order valence-electron chi connectivity index (χ4n) is 3.29. The molecule has 1 unspecified atom stereocenters. The average Bonchev–Trinajstić information content (AvgIpc) is 3.24. The lowest BCUT2D eigenvalue weighted by molar-refractivity contribution is -0.137. The highest BCUT2D eigenvalue weighted by molar-refractivity contribution is 6.05. The van der Waals surface area contributed by atoms with Gasteiger partial charge >= 0.3 is 5.97 Å². The van der Waals surface area contributed by atoms with Gasteiger partial charge in [-0.05, 0) is 47.0 Å². The normalized spacial score (nSPS) is 12.5. The van der Waals surface area contributed by atoms with Crippen LogP contribution in [0, 0.1) is 5.82 Å². The Kier molecular flexibility index (Phi) is 5.76. The molecule has 0 bridgehead atoms. The van der Waals surface area contributed by atoms with Gasteiger partial charge in [0.2, 0.25) is 0 Å². The van der Waals surface area contributed by atoms with Crippen LogP contribution in [0.3, 0.4) is 0 Å². The number of oxazole rings is 1. The highest BCUT2D eigenvalue weighted by Gasteiger charge is 2.24. The number of nitrogens with one attached hydrogen (secondary N) is 1. The third-order valence-electron chi connectivity index (χ3n) is 4.82. The molecule has 6 nitrogen and oxygen atoms in total. The third-order valence-corrected chi connectivity index (χ3v) is 4.82. The van der Waals surface area contributed by atoms with Gasteiger partial charge in [0.15, 0.2) is 17.8 Å². The molecule has 0 radical (unpaired) electrons. The predicted molar refractivity (Wildman–Crippen MR) is 114 cm³/mol. The van der Waals surface area contributed by atoms with Crippen LogP contribution >= 0.6 is 0 Å². The molecule has 3 aromatic carbocycles. The molecule has 0 aliphatic heterocycles. The van der Waals surface area contributed by atoms with Crippen LogP contribution in [0.5, 0.6) is 0 Å². The lowest BCUT2D eigenvalue weighted by atomic mass is 9.91. The van der Waals surface area contributed by atoms with Gasteiger partial charge < -0.3 is 14.8 Å². The summed E-state index contributed by atoms with van der Waals surface area (Å²) in [4.78, 5) is 28.0. The maximum Gasteiger partial charge on any atom is 0.315 e. The predicted octanol–water partition coefficient (Wildman–Crippen LogP) is 5.13. The van der Waals surface area contributed by atoms with Crippen molar-refractivity contribution in [2.75, 3.05) is 5.32 Å². The zero-order chi connectivity index (χ0) is 22.7. The van der Waals surface area contributed by atoms with E-state index in [2.05, 4.69) is 10.3 Å². The number of benzene rings is 3. The van der Waals surface area contributed by atoms with Gasteiger partial charge in [0.05, 0.1) is 5.69 Å². The summed E-state index contributed by atoms with van der Waals surface area (Å²) in [5.74, 6) is -5.47. The topological polar surface area (TPSA) is 92.4 Å². The summed E-state index contributed by atoms with van der Waals surface area (Å²) < 4.78 is 34.0. The Bertz CT molecular complexity index is 1330. The number of aliphatic carboxylic acids is 1. The lowest BCUT2D eigenvalue weighted by Gasteiger charge is -2.15. The molecule has 0 spiro atoms. The first-order valence-electron chi connectivity index (χ1n) is 9.51. The van der Waals surface area contributed by atoms with Crippen LogP contribution in [0.2, 0.25) is 0 Å². The molecule has 4 rings (SSSR count). The third kappa shape index (κ3) is 4.39. The van der Waals surface area contributed by atoms with Crippen molar-refractivity contribution >= 4 is 34.7 Å². The average molecular weight is 434 g/mol. The summed E-state index contributed by atoms with van der Waals surface area (Å²) in [7, 11) is 0. The Labute approximate surface area is 180 Å². The van der Waals surface area contributed by atoms with Crippen molar-refractivity contribution < 1.29 is 27.9 Å².